The van der Waals surface area contributed by atoms with Gasteiger partial charge >= 0.3 is 0 Å². The number of nitrogens with zero attached hydrogens (tertiary/aromatic N) is 1. The lowest BCUT2D eigenvalue weighted by Gasteiger charge is -2.12. The SMILES string of the molecule is O=[N+]([O-])CC(Sc1ccccc1)c1ccccc1. The Morgan fingerprint density at radius 2 is 1.56 bits per heavy atom. The van der Waals surface area contributed by atoms with Crippen LogP contribution in [0.4, 0.5) is 0 Å². The molecular formula is C14H13NO2S. The standard InChI is InChI=1S/C14H13NO2S/c16-15(17)11-14(12-7-3-1-4-8-12)18-13-9-5-2-6-10-13/h1-10,14H,11H2. The Balaban J connectivity index is 2.18. The highest BCUT2D eigenvalue weighted by molar-refractivity contribution is 7.99. The van der Waals surface area contributed by atoms with E-state index in [1.165, 1.54) is 11.8 Å². The van der Waals surface area contributed by atoms with Gasteiger partial charge in [-0.05, 0) is 17.7 Å². The van der Waals surface area contributed by atoms with Crippen LogP contribution in [0.2, 0.25) is 0 Å². The van der Waals surface area contributed by atoms with Crippen LogP contribution < -0.4 is 0 Å². The Labute approximate surface area is 110 Å². The van der Waals surface area contributed by atoms with Gasteiger partial charge in [0.25, 0.3) is 0 Å². The second-order valence-electron chi connectivity index (χ2n) is 3.85. The Bertz CT molecular complexity index is 502. The van der Waals surface area contributed by atoms with Gasteiger partial charge in [0.1, 0.15) is 0 Å². The van der Waals surface area contributed by atoms with Crippen LogP contribution in [0.25, 0.3) is 0 Å². The zero-order chi connectivity index (χ0) is 12.8. The van der Waals surface area contributed by atoms with Gasteiger partial charge in [-0.1, -0.05) is 48.5 Å². The van der Waals surface area contributed by atoms with Gasteiger partial charge in [0, 0.05) is 9.82 Å². The normalized spacial score (nSPS) is 12.0. The van der Waals surface area contributed by atoms with Gasteiger partial charge in [0.2, 0.25) is 6.54 Å². The van der Waals surface area contributed by atoms with Crippen molar-refractivity contribution in [3.8, 4) is 0 Å². The fourth-order valence-corrected chi connectivity index (χ4v) is 2.81. The highest BCUT2D eigenvalue weighted by atomic mass is 32.2. The lowest BCUT2D eigenvalue weighted by atomic mass is 10.1. The molecule has 2 aromatic carbocycles. The summed E-state index contributed by atoms with van der Waals surface area (Å²) < 4.78 is 0. The Morgan fingerprint density at radius 3 is 2.11 bits per heavy atom. The van der Waals surface area contributed by atoms with Gasteiger partial charge in [-0.3, -0.25) is 10.1 Å². The first-order chi connectivity index (χ1) is 8.75. The van der Waals surface area contributed by atoms with Crippen LogP contribution >= 0.6 is 11.8 Å². The zero-order valence-corrected chi connectivity index (χ0v) is 10.5. The molecule has 0 aliphatic carbocycles. The third kappa shape index (κ3) is 3.60. The molecule has 0 spiro atoms. The lowest BCUT2D eigenvalue weighted by Crippen LogP contribution is -2.09. The molecule has 0 saturated heterocycles. The summed E-state index contributed by atoms with van der Waals surface area (Å²) in [6, 6.07) is 19.4. The molecule has 0 radical (unpaired) electrons. The first kappa shape index (κ1) is 12.6. The van der Waals surface area contributed by atoms with Crippen molar-refractivity contribution in [3.63, 3.8) is 0 Å². The topological polar surface area (TPSA) is 43.1 Å². The minimum absolute atomic E-state index is 0.0659. The first-order valence-corrected chi connectivity index (χ1v) is 6.52. The van der Waals surface area contributed by atoms with Crippen LogP contribution in [0, 0.1) is 10.1 Å². The fraction of sp³-hybridized carbons (Fsp3) is 0.143. The van der Waals surface area contributed by atoms with Gasteiger partial charge in [-0.25, -0.2) is 0 Å². The number of hydrogen-bond donors (Lipinski definition) is 0. The molecule has 92 valence electrons. The maximum atomic E-state index is 10.8. The third-order valence-corrected chi connectivity index (χ3v) is 3.76. The lowest BCUT2D eigenvalue weighted by molar-refractivity contribution is -0.479. The molecule has 0 aromatic heterocycles. The predicted octanol–water partition coefficient (Wildman–Crippen LogP) is 3.80. The molecule has 3 nitrogen and oxygen atoms in total. The second kappa shape index (κ2) is 6.21. The average Bonchev–Trinajstić information content (AvgIpc) is 2.40. The predicted molar refractivity (Wildman–Crippen MR) is 73.3 cm³/mol. The molecule has 2 rings (SSSR count). The summed E-state index contributed by atoms with van der Waals surface area (Å²) in [5.74, 6) is 0. The highest BCUT2D eigenvalue weighted by Gasteiger charge is 2.18. The molecule has 1 unspecified atom stereocenters. The van der Waals surface area contributed by atoms with Crippen molar-refractivity contribution in [2.45, 2.75) is 10.1 Å². The van der Waals surface area contributed by atoms with Gasteiger partial charge in [0.05, 0.1) is 5.25 Å². The van der Waals surface area contributed by atoms with E-state index in [2.05, 4.69) is 0 Å². The van der Waals surface area contributed by atoms with E-state index in [1.807, 2.05) is 60.7 Å². The van der Waals surface area contributed by atoms with E-state index in [1.54, 1.807) is 0 Å². The summed E-state index contributed by atoms with van der Waals surface area (Å²) in [4.78, 5) is 11.6. The minimum atomic E-state index is -0.256. The van der Waals surface area contributed by atoms with E-state index >= 15 is 0 Å². The van der Waals surface area contributed by atoms with E-state index in [4.69, 9.17) is 0 Å². The Kier molecular flexibility index (Phi) is 4.36. The van der Waals surface area contributed by atoms with E-state index < -0.39 is 0 Å². The summed E-state index contributed by atoms with van der Waals surface area (Å²) in [5.41, 5.74) is 0.989. The Hall–Kier alpha value is -1.81. The molecule has 18 heavy (non-hydrogen) atoms. The molecular weight excluding hydrogens is 246 g/mol. The third-order valence-electron chi connectivity index (χ3n) is 2.51. The molecule has 4 heteroatoms. The zero-order valence-electron chi connectivity index (χ0n) is 9.73. The number of thioether (sulfide) groups is 1. The van der Waals surface area contributed by atoms with Crippen LogP contribution in [-0.4, -0.2) is 11.5 Å². The molecule has 0 saturated carbocycles. The number of nitro groups is 1. The smallest absolute Gasteiger partial charge is 0.220 e. The number of hydrogen-bond acceptors (Lipinski definition) is 3. The highest BCUT2D eigenvalue weighted by Crippen LogP contribution is 2.34. The molecule has 0 aliphatic heterocycles. The summed E-state index contributed by atoms with van der Waals surface area (Å²) in [7, 11) is 0. The molecule has 1 atom stereocenters. The monoisotopic (exact) mass is 259 g/mol. The maximum absolute atomic E-state index is 10.8. The van der Waals surface area contributed by atoms with Gasteiger partial charge < -0.3 is 0 Å². The van der Waals surface area contributed by atoms with Crippen molar-refractivity contribution >= 4 is 11.8 Å². The molecule has 0 heterocycles. The van der Waals surface area contributed by atoms with Crippen molar-refractivity contribution in [1.29, 1.82) is 0 Å². The van der Waals surface area contributed by atoms with Crippen molar-refractivity contribution < 1.29 is 4.92 Å². The van der Waals surface area contributed by atoms with Crippen molar-refractivity contribution in [1.82, 2.24) is 0 Å². The number of rotatable bonds is 5. The van der Waals surface area contributed by atoms with Gasteiger partial charge in [0.15, 0.2) is 0 Å². The van der Waals surface area contributed by atoms with Crippen molar-refractivity contribution in [2.24, 2.45) is 0 Å². The van der Waals surface area contributed by atoms with Crippen molar-refractivity contribution in [2.75, 3.05) is 6.54 Å². The van der Waals surface area contributed by atoms with Crippen LogP contribution in [0.5, 0.6) is 0 Å². The first-order valence-electron chi connectivity index (χ1n) is 5.64. The van der Waals surface area contributed by atoms with E-state index in [9.17, 15) is 10.1 Å². The molecule has 0 fully saturated rings. The maximum Gasteiger partial charge on any atom is 0.220 e. The Morgan fingerprint density at radius 1 is 1.00 bits per heavy atom. The van der Waals surface area contributed by atoms with E-state index in [0.717, 1.165) is 10.5 Å². The molecule has 0 bridgehead atoms. The average molecular weight is 259 g/mol. The fourth-order valence-electron chi connectivity index (χ4n) is 1.68. The largest absolute Gasteiger partial charge is 0.264 e. The molecule has 0 amide bonds. The van der Waals surface area contributed by atoms with Gasteiger partial charge in [-0.15, -0.1) is 11.8 Å². The summed E-state index contributed by atoms with van der Waals surface area (Å²) in [6.45, 7) is -0.0659. The van der Waals surface area contributed by atoms with Crippen molar-refractivity contribution in [3.05, 3.63) is 76.3 Å². The quantitative estimate of drug-likeness (QED) is 0.466. The summed E-state index contributed by atoms with van der Waals surface area (Å²) in [6.07, 6.45) is 0. The van der Waals surface area contributed by atoms with E-state index in [-0.39, 0.29) is 16.7 Å². The minimum Gasteiger partial charge on any atom is -0.264 e. The molecule has 0 N–H and O–H groups in total. The molecule has 0 aliphatic rings. The molecule has 2 aromatic rings. The summed E-state index contributed by atoms with van der Waals surface area (Å²) in [5, 5.41) is 10.6. The second-order valence-corrected chi connectivity index (χ2v) is 5.12. The summed E-state index contributed by atoms with van der Waals surface area (Å²) >= 11 is 1.53. The van der Waals surface area contributed by atoms with E-state index in [0.29, 0.717) is 0 Å². The van der Waals surface area contributed by atoms with Crippen LogP contribution in [0.1, 0.15) is 10.8 Å². The van der Waals surface area contributed by atoms with Gasteiger partial charge in [-0.2, -0.15) is 0 Å². The van der Waals surface area contributed by atoms with Crippen LogP contribution in [0.15, 0.2) is 65.6 Å². The van der Waals surface area contributed by atoms with Crippen LogP contribution in [-0.2, 0) is 0 Å². The van der Waals surface area contributed by atoms with Crippen LogP contribution in [0.3, 0.4) is 0 Å². The number of benzene rings is 2.